The molecular formula is C21H24N4O3S. The SMILES string of the molecule is Cc1ccc(C)c(N2CCN(C(=O)CCn3c(=O)[nH]c4ccsc4c3=O)CC2)c1. The molecule has 152 valence electrons. The van der Waals surface area contributed by atoms with Gasteiger partial charge in [0.1, 0.15) is 4.70 Å². The fourth-order valence-electron chi connectivity index (χ4n) is 3.80. The number of aryl methyl sites for hydroxylation is 2. The maximum absolute atomic E-state index is 12.7. The Kier molecular flexibility index (Phi) is 5.27. The van der Waals surface area contributed by atoms with E-state index in [9.17, 15) is 14.4 Å². The highest BCUT2D eigenvalue weighted by Crippen LogP contribution is 2.23. The van der Waals surface area contributed by atoms with E-state index in [2.05, 4.69) is 41.9 Å². The van der Waals surface area contributed by atoms with Crippen LogP contribution in [0.1, 0.15) is 17.5 Å². The van der Waals surface area contributed by atoms with Crippen LogP contribution in [0.3, 0.4) is 0 Å². The number of hydrogen-bond acceptors (Lipinski definition) is 5. The normalized spacial score (nSPS) is 14.6. The number of nitrogens with one attached hydrogen (secondary N) is 1. The third kappa shape index (κ3) is 3.85. The van der Waals surface area contributed by atoms with Gasteiger partial charge < -0.3 is 14.8 Å². The first kappa shape index (κ1) is 19.4. The average molecular weight is 413 g/mol. The first-order valence-corrected chi connectivity index (χ1v) is 10.6. The van der Waals surface area contributed by atoms with Gasteiger partial charge in [0.25, 0.3) is 5.56 Å². The number of benzene rings is 1. The zero-order valence-electron chi connectivity index (χ0n) is 16.6. The van der Waals surface area contributed by atoms with Crippen LogP contribution in [0.25, 0.3) is 10.2 Å². The first-order chi connectivity index (χ1) is 13.9. The molecule has 0 aliphatic carbocycles. The molecule has 1 saturated heterocycles. The number of carbonyl (C=O) groups excluding carboxylic acids is 1. The standard InChI is InChI=1S/C21H24N4O3S/c1-14-3-4-15(2)17(13-14)23-8-10-24(11-9-23)18(26)5-7-25-20(27)19-16(6-12-29-19)22-21(25)28/h3-4,6,12-13H,5,7-11H2,1-2H3,(H,22,28). The zero-order valence-corrected chi connectivity index (χ0v) is 17.4. The second-order valence-electron chi connectivity index (χ2n) is 7.46. The second-order valence-corrected chi connectivity index (χ2v) is 8.37. The van der Waals surface area contributed by atoms with Crippen LogP contribution in [0.2, 0.25) is 0 Å². The summed E-state index contributed by atoms with van der Waals surface area (Å²) >= 11 is 1.30. The van der Waals surface area contributed by atoms with E-state index in [-0.39, 0.29) is 24.4 Å². The number of aromatic amines is 1. The molecule has 0 radical (unpaired) electrons. The zero-order chi connectivity index (χ0) is 20.5. The van der Waals surface area contributed by atoms with Crippen LogP contribution in [-0.2, 0) is 11.3 Å². The van der Waals surface area contributed by atoms with Crippen molar-refractivity contribution in [2.45, 2.75) is 26.8 Å². The molecule has 4 rings (SSSR count). The van der Waals surface area contributed by atoms with Crippen molar-refractivity contribution in [1.82, 2.24) is 14.5 Å². The summed E-state index contributed by atoms with van der Waals surface area (Å²) in [5.41, 5.74) is 3.44. The maximum atomic E-state index is 12.7. The number of carbonyl (C=O) groups is 1. The van der Waals surface area contributed by atoms with Crippen LogP contribution in [0.15, 0.2) is 39.2 Å². The number of hydrogen-bond donors (Lipinski definition) is 1. The number of anilines is 1. The number of H-pyrrole nitrogens is 1. The van der Waals surface area contributed by atoms with Gasteiger partial charge in [-0.1, -0.05) is 12.1 Å². The van der Waals surface area contributed by atoms with E-state index in [1.807, 2.05) is 4.90 Å². The number of fused-ring (bicyclic) bond motifs is 1. The van der Waals surface area contributed by atoms with Crippen molar-refractivity contribution in [3.05, 3.63) is 61.6 Å². The van der Waals surface area contributed by atoms with Crippen molar-refractivity contribution < 1.29 is 4.79 Å². The van der Waals surface area contributed by atoms with Gasteiger partial charge in [-0.25, -0.2) is 4.79 Å². The second kappa shape index (κ2) is 7.87. The van der Waals surface area contributed by atoms with E-state index >= 15 is 0 Å². The number of rotatable bonds is 4. The highest BCUT2D eigenvalue weighted by atomic mass is 32.1. The largest absolute Gasteiger partial charge is 0.368 e. The lowest BCUT2D eigenvalue weighted by Crippen LogP contribution is -2.49. The summed E-state index contributed by atoms with van der Waals surface area (Å²) in [7, 11) is 0. The lowest BCUT2D eigenvalue weighted by atomic mass is 10.1. The third-order valence-electron chi connectivity index (χ3n) is 5.48. The summed E-state index contributed by atoms with van der Waals surface area (Å²) in [6, 6.07) is 8.14. The molecule has 0 atom stereocenters. The van der Waals surface area contributed by atoms with E-state index in [1.54, 1.807) is 11.4 Å². The molecule has 0 unspecified atom stereocenters. The number of nitrogens with zero attached hydrogens (tertiary/aromatic N) is 3. The molecule has 1 aromatic carbocycles. The topological polar surface area (TPSA) is 78.4 Å². The molecule has 1 N–H and O–H groups in total. The van der Waals surface area contributed by atoms with Gasteiger partial charge in [-0.3, -0.25) is 14.2 Å². The molecule has 2 aromatic heterocycles. The van der Waals surface area contributed by atoms with E-state index < -0.39 is 5.69 Å². The molecule has 1 fully saturated rings. The number of amides is 1. The van der Waals surface area contributed by atoms with Gasteiger partial charge in [-0.2, -0.15) is 0 Å². The molecule has 0 saturated carbocycles. The van der Waals surface area contributed by atoms with Crippen LogP contribution in [-0.4, -0.2) is 46.5 Å². The van der Waals surface area contributed by atoms with Crippen molar-refractivity contribution >= 4 is 33.1 Å². The lowest BCUT2D eigenvalue weighted by molar-refractivity contribution is -0.131. The molecular weight excluding hydrogens is 388 g/mol. The Morgan fingerprint density at radius 3 is 2.62 bits per heavy atom. The summed E-state index contributed by atoms with van der Waals surface area (Å²) in [5.74, 6) is -0.0248. The van der Waals surface area contributed by atoms with E-state index in [0.29, 0.717) is 23.3 Å². The van der Waals surface area contributed by atoms with Crippen LogP contribution in [0.5, 0.6) is 0 Å². The Morgan fingerprint density at radius 2 is 1.86 bits per heavy atom. The van der Waals surface area contributed by atoms with Gasteiger partial charge in [0.05, 0.1) is 5.52 Å². The predicted molar refractivity (Wildman–Crippen MR) is 116 cm³/mol. The van der Waals surface area contributed by atoms with Crippen LogP contribution in [0.4, 0.5) is 5.69 Å². The molecule has 7 nitrogen and oxygen atoms in total. The summed E-state index contributed by atoms with van der Waals surface area (Å²) in [6.45, 7) is 7.11. The van der Waals surface area contributed by atoms with E-state index in [1.165, 1.54) is 28.2 Å². The van der Waals surface area contributed by atoms with Gasteiger partial charge in [-0.15, -0.1) is 11.3 Å². The smallest absolute Gasteiger partial charge is 0.328 e. The van der Waals surface area contributed by atoms with Crippen LogP contribution in [0, 0.1) is 13.8 Å². The summed E-state index contributed by atoms with van der Waals surface area (Å²) < 4.78 is 1.64. The van der Waals surface area contributed by atoms with Crippen molar-refractivity contribution in [1.29, 1.82) is 0 Å². The maximum Gasteiger partial charge on any atom is 0.328 e. The van der Waals surface area contributed by atoms with Crippen LogP contribution >= 0.6 is 11.3 Å². The Balaban J connectivity index is 1.39. The summed E-state index contributed by atoms with van der Waals surface area (Å²) in [4.78, 5) is 44.2. The molecule has 0 spiro atoms. The molecule has 8 heteroatoms. The summed E-state index contributed by atoms with van der Waals surface area (Å²) in [5, 5.41) is 1.77. The third-order valence-corrected chi connectivity index (χ3v) is 6.38. The Morgan fingerprint density at radius 1 is 1.10 bits per heavy atom. The average Bonchev–Trinajstić information content (AvgIpc) is 3.18. The van der Waals surface area contributed by atoms with Crippen molar-refractivity contribution in [2.24, 2.45) is 0 Å². The predicted octanol–water partition coefficient (Wildman–Crippen LogP) is 2.11. The molecule has 29 heavy (non-hydrogen) atoms. The molecule has 3 heterocycles. The van der Waals surface area contributed by atoms with Gasteiger partial charge in [0, 0.05) is 44.8 Å². The Hall–Kier alpha value is -2.87. The van der Waals surface area contributed by atoms with Crippen LogP contribution < -0.4 is 16.1 Å². The Bertz CT molecular complexity index is 1170. The lowest BCUT2D eigenvalue weighted by Gasteiger charge is -2.37. The minimum Gasteiger partial charge on any atom is -0.368 e. The number of piperazine rings is 1. The van der Waals surface area contributed by atoms with Crippen molar-refractivity contribution in [2.75, 3.05) is 31.1 Å². The fraction of sp³-hybridized carbons (Fsp3) is 0.381. The highest BCUT2D eigenvalue weighted by Gasteiger charge is 2.22. The summed E-state index contributed by atoms with van der Waals surface area (Å²) in [6.07, 6.45) is 0.142. The van der Waals surface area contributed by atoms with Crippen molar-refractivity contribution in [3.63, 3.8) is 0 Å². The van der Waals surface area contributed by atoms with Gasteiger partial charge in [-0.05, 0) is 42.5 Å². The van der Waals surface area contributed by atoms with Gasteiger partial charge >= 0.3 is 5.69 Å². The van der Waals surface area contributed by atoms with E-state index in [4.69, 9.17) is 0 Å². The minimum absolute atomic E-state index is 0.0248. The van der Waals surface area contributed by atoms with Crippen molar-refractivity contribution in [3.8, 4) is 0 Å². The molecule has 0 bridgehead atoms. The van der Waals surface area contributed by atoms with Gasteiger partial charge in [0.2, 0.25) is 5.91 Å². The quantitative estimate of drug-likeness (QED) is 0.712. The number of aromatic nitrogens is 2. The first-order valence-electron chi connectivity index (χ1n) is 9.74. The minimum atomic E-state index is -0.464. The molecule has 3 aromatic rings. The molecule has 1 aliphatic heterocycles. The molecule has 1 amide bonds. The van der Waals surface area contributed by atoms with E-state index in [0.717, 1.165) is 17.7 Å². The number of thiophene rings is 1. The van der Waals surface area contributed by atoms with Gasteiger partial charge in [0.15, 0.2) is 0 Å². The Labute approximate surface area is 172 Å². The highest BCUT2D eigenvalue weighted by molar-refractivity contribution is 7.17. The fourth-order valence-corrected chi connectivity index (χ4v) is 4.59. The monoisotopic (exact) mass is 412 g/mol. The molecule has 1 aliphatic rings.